The summed E-state index contributed by atoms with van der Waals surface area (Å²) in [5, 5.41) is 0. The molecule has 1 aliphatic heterocycles. The maximum atomic E-state index is 12.3. The molecule has 0 aromatic rings. The van der Waals surface area contributed by atoms with Crippen molar-refractivity contribution in [3.05, 3.63) is 12.7 Å². The molecule has 0 bridgehead atoms. The van der Waals surface area contributed by atoms with Gasteiger partial charge in [-0.25, -0.2) is 4.79 Å². The molecule has 0 aromatic carbocycles. The van der Waals surface area contributed by atoms with E-state index < -0.39 is 5.60 Å². The van der Waals surface area contributed by atoms with E-state index in [4.69, 9.17) is 11.2 Å². The summed E-state index contributed by atoms with van der Waals surface area (Å²) in [5.74, 6) is 2.69. The van der Waals surface area contributed by atoms with Crippen LogP contribution in [0.15, 0.2) is 12.7 Å². The molecule has 4 heteroatoms. The number of hydrogen-bond acceptors (Lipinski definition) is 3. The highest BCUT2D eigenvalue weighted by Crippen LogP contribution is 2.21. The third-order valence-electron chi connectivity index (χ3n) is 2.97. The molecule has 0 saturated carbocycles. The fourth-order valence-electron chi connectivity index (χ4n) is 2.26. The average Bonchev–Trinajstić information content (AvgIpc) is 2.25. The van der Waals surface area contributed by atoms with Crippen LogP contribution in [0.2, 0.25) is 0 Å². The normalized spacial score (nSPS) is 24.7. The first-order valence-electron chi connectivity index (χ1n) is 6.55. The summed E-state index contributed by atoms with van der Waals surface area (Å²) in [6.45, 7) is 10.8. The lowest BCUT2D eigenvalue weighted by Gasteiger charge is -2.43. The van der Waals surface area contributed by atoms with Gasteiger partial charge in [0.1, 0.15) is 11.6 Å². The van der Waals surface area contributed by atoms with E-state index in [1.54, 1.807) is 4.90 Å². The standard InChI is InChI=1S/C15H24N2O2/c1-7-9-13-11-16(6)10-12(8-2)17(13)14(18)19-15(3,4)5/h2,7,12-13H,1,9-11H2,3-6H3/t12-,13+/m1/s1. The number of carbonyl (C=O) groups excluding carboxylic acids is 1. The van der Waals surface area contributed by atoms with Crippen molar-refractivity contribution in [2.75, 3.05) is 20.1 Å². The minimum atomic E-state index is -0.516. The van der Waals surface area contributed by atoms with Crippen LogP contribution >= 0.6 is 0 Å². The predicted octanol–water partition coefficient (Wildman–Crippen LogP) is 2.12. The van der Waals surface area contributed by atoms with Gasteiger partial charge >= 0.3 is 6.09 Å². The van der Waals surface area contributed by atoms with Crippen LogP contribution in [-0.4, -0.2) is 53.7 Å². The van der Waals surface area contributed by atoms with E-state index in [1.807, 2.05) is 33.9 Å². The van der Waals surface area contributed by atoms with Gasteiger partial charge in [-0.05, 0) is 34.2 Å². The maximum absolute atomic E-state index is 12.3. The molecule has 2 atom stereocenters. The van der Waals surface area contributed by atoms with Crippen molar-refractivity contribution in [1.29, 1.82) is 0 Å². The molecule has 1 rings (SSSR count). The van der Waals surface area contributed by atoms with Gasteiger partial charge in [0.05, 0.1) is 6.04 Å². The number of nitrogens with zero attached hydrogens (tertiary/aromatic N) is 2. The molecule has 0 spiro atoms. The Kier molecular flexibility index (Phi) is 5.02. The van der Waals surface area contributed by atoms with E-state index in [0.29, 0.717) is 13.0 Å². The van der Waals surface area contributed by atoms with Gasteiger partial charge in [-0.1, -0.05) is 12.0 Å². The van der Waals surface area contributed by atoms with E-state index in [-0.39, 0.29) is 18.2 Å². The number of piperazine rings is 1. The summed E-state index contributed by atoms with van der Waals surface area (Å²) >= 11 is 0. The first-order chi connectivity index (χ1) is 8.78. The highest BCUT2D eigenvalue weighted by atomic mass is 16.6. The number of hydrogen-bond donors (Lipinski definition) is 0. The molecule has 0 unspecified atom stereocenters. The summed E-state index contributed by atoms with van der Waals surface area (Å²) in [6, 6.07) is -0.231. The number of carbonyl (C=O) groups is 1. The first kappa shape index (κ1) is 15.6. The lowest BCUT2D eigenvalue weighted by Crippen LogP contribution is -2.59. The van der Waals surface area contributed by atoms with E-state index in [0.717, 1.165) is 6.54 Å². The molecule has 0 N–H and O–H groups in total. The van der Waals surface area contributed by atoms with Crippen molar-refractivity contribution in [2.24, 2.45) is 0 Å². The van der Waals surface area contributed by atoms with E-state index >= 15 is 0 Å². The summed E-state index contributed by atoms with van der Waals surface area (Å²) in [4.78, 5) is 16.2. The van der Waals surface area contributed by atoms with Gasteiger partial charge in [-0.2, -0.15) is 0 Å². The lowest BCUT2D eigenvalue weighted by atomic mass is 10.0. The predicted molar refractivity (Wildman–Crippen MR) is 76.8 cm³/mol. The van der Waals surface area contributed by atoms with Crippen LogP contribution in [0.5, 0.6) is 0 Å². The van der Waals surface area contributed by atoms with E-state index in [2.05, 4.69) is 17.4 Å². The molecule has 0 aromatic heterocycles. The Morgan fingerprint density at radius 2 is 2.16 bits per heavy atom. The van der Waals surface area contributed by atoms with Crippen molar-refractivity contribution in [2.45, 2.75) is 44.9 Å². The SMILES string of the molecule is C#C[C@@H]1CN(C)C[C@H](CC=C)N1C(=O)OC(C)(C)C. The Balaban J connectivity index is 2.92. The van der Waals surface area contributed by atoms with Crippen molar-refractivity contribution < 1.29 is 9.53 Å². The molecule has 1 saturated heterocycles. The van der Waals surface area contributed by atoms with Crippen LogP contribution < -0.4 is 0 Å². The molecule has 1 heterocycles. The van der Waals surface area contributed by atoms with Crippen LogP contribution in [-0.2, 0) is 4.74 Å². The van der Waals surface area contributed by atoms with Crippen LogP contribution in [0.4, 0.5) is 4.79 Å². The van der Waals surface area contributed by atoms with Gasteiger partial charge in [0.25, 0.3) is 0 Å². The largest absolute Gasteiger partial charge is 0.444 e. The fraction of sp³-hybridized carbons (Fsp3) is 0.667. The Morgan fingerprint density at radius 1 is 1.53 bits per heavy atom. The second-order valence-electron chi connectivity index (χ2n) is 5.97. The van der Waals surface area contributed by atoms with E-state index in [1.165, 1.54) is 0 Å². The summed E-state index contributed by atoms with van der Waals surface area (Å²) < 4.78 is 5.46. The molecular weight excluding hydrogens is 240 g/mol. The third-order valence-corrected chi connectivity index (χ3v) is 2.97. The van der Waals surface area contributed by atoms with Crippen molar-refractivity contribution in [1.82, 2.24) is 9.80 Å². The van der Waals surface area contributed by atoms with Crippen molar-refractivity contribution in [3.63, 3.8) is 0 Å². The van der Waals surface area contributed by atoms with Gasteiger partial charge in [0.2, 0.25) is 0 Å². The minimum absolute atomic E-state index is 0.0205. The molecule has 106 valence electrons. The number of amides is 1. The number of likely N-dealkylation sites (N-methyl/N-ethyl adjacent to an activating group) is 1. The van der Waals surface area contributed by atoms with Crippen molar-refractivity contribution in [3.8, 4) is 12.3 Å². The molecule has 1 aliphatic rings. The average molecular weight is 264 g/mol. The fourth-order valence-corrected chi connectivity index (χ4v) is 2.26. The van der Waals surface area contributed by atoms with Crippen LogP contribution in [0.25, 0.3) is 0 Å². The molecular formula is C15H24N2O2. The van der Waals surface area contributed by atoms with E-state index in [9.17, 15) is 4.79 Å². The zero-order valence-corrected chi connectivity index (χ0v) is 12.3. The molecule has 19 heavy (non-hydrogen) atoms. The lowest BCUT2D eigenvalue weighted by molar-refractivity contribution is -0.00767. The maximum Gasteiger partial charge on any atom is 0.411 e. The second-order valence-corrected chi connectivity index (χ2v) is 5.97. The van der Waals surface area contributed by atoms with Crippen molar-refractivity contribution >= 4 is 6.09 Å². The van der Waals surface area contributed by atoms with Crippen LogP contribution in [0.1, 0.15) is 27.2 Å². The summed E-state index contributed by atoms with van der Waals surface area (Å²) in [5.41, 5.74) is -0.516. The monoisotopic (exact) mass is 264 g/mol. The number of ether oxygens (including phenoxy) is 1. The topological polar surface area (TPSA) is 32.8 Å². The second kappa shape index (κ2) is 6.12. The zero-order valence-electron chi connectivity index (χ0n) is 12.3. The minimum Gasteiger partial charge on any atom is -0.444 e. The van der Waals surface area contributed by atoms with Gasteiger partial charge in [-0.15, -0.1) is 13.0 Å². The number of rotatable bonds is 2. The Bertz CT molecular complexity index is 379. The quantitative estimate of drug-likeness (QED) is 0.566. The Hall–Kier alpha value is -1.47. The zero-order chi connectivity index (χ0) is 14.6. The smallest absolute Gasteiger partial charge is 0.411 e. The highest BCUT2D eigenvalue weighted by molar-refractivity contribution is 5.70. The Morgan fingerprint density at radius 3 is 2.63 bits per heavy atom. The highest BCUT2D eigenvalue weighted by Gasteiger charge is 2.37. The third kappa shape index (κ3) is 4.29. The first-order valence-corrected chi connectivity index (χ1v) is 6.55. The molecule has 0 aliphatic carbocycles. The molecule has 0 radical (unpaired) electrons. The van der Waals surface area contributed by atoms with Gasteiger partial charge in [-0.3, -0.25) is 4.90 Å². The summed E-state index contributed by atoms with van der Waals surface area (Å²) in [7, 11) is 2.01. The van der Waals surface area contributed by atoms with Crippen LogP contribution in [0.3, 0.4) is 0 Å². The molecule has 4 nitrogen and oxygen atoms in total. The molecule has 1 amide bonds. The number of terminal acetylenes is 1. The Labute approximate surface area is 116 Å². The summed E-state index contributed by atoms with van der Waals surface area (Å²) in [6.07, 6.45) is 7.75. The van der Waals surface area contributed by atoms with Crippen LogP contribution in [0, 0.1) is 12.3 Å². The van der Waals surface area contributed by atoms with Gasteiger partial charge < -0.3 is 9.64 Å². The molecule has 1 fully saturated rings. The van der Waals surface area contributed by atoms with Gasteiger partial charge in [0.15, 0.2) is 0 Å². The van der Waals surface area contributed by atoms with Gasteiger partial charge in [0, 0.05) is 13.1 Å².